The van der Waals surface area contributed by atoms with Crippen molar-refractivity contribution in [3.8, 4) is 0 Å². The Kier molecular flexibility index (Phi) is 3.66. The van der Waals surface area contributed by atoms with E-state index in [1.54, 1.807) is 23.1 Å². The third kappa shape index (κ3) is 2.56. The molecule has 3 saturated heterocycles. The smallest absolute Gasteiger partial charge is 0.322 e. The van der Waals surface area contributed by atoms with Gasteiger partial charge < -0.3 is 15.5 Å². The maximum atomic E-state index is 12.8. The Hall–Kier alpha value is -1.79. The number of rotatable bonds is 2. The van der Waals surface area contributed by atoms with Crippen molar-refractivity contribution in [2.24, 2.45) is 11.8 Å². The zero-order chi connectivity index (χ0) is 16.0. The topological polar surface area (TPSA) is 64.7 Å². The monoisotopic (exact) mass is 334 g/mol. The molecule has 4 rings (SSSR count). The molecule has 2 N–H and O–H groups in total. The second kappa shape index (κ2) is 5.69. The van der Waals surface area contributed by atoms with Crippen LogP contribution in [0.25, 0.3) is 0 Å². The summed E-state index contributed by atoms with van der Waals surface area (Å²) in [6.45, 7) is 4.76. The zero-order valence-corrected chi connectivity index (χ0v) is 13.5. The van der Waals surface area contributed by atoms with Crippen molar-refractivity contribution in [2.45, 2.75) is 0 Å². The summed E-state index contributed by atoms with van der Waals surface area (Å²) in [4.78, 5) is 28.1. The van der Waals surface area contributed by atoms with Crippen molar-refractivity contribution in [3.63, 3.8) is 0 Å². The molecule has 3 heterocycles. The Bertz CT molecular complexity index is 653. The number of hydrogen-bond donors (Lipinski definition) is 2. The lowest BCUT2D eigenvalue weighted by Gasteiger charge is -2.20. The van der Waals surface area contributed by atoms with E-state index in [2.05, 4.69) is 10.6 Å². The van der Waals surface area contributed by atoms with Crippen molar-refractivity contribution >= 4 is 29.2 Å². The van der Waals surface area contributed by atoms with Gasteiger partial charge in [-0.2, -0.15) is 0 Å². The highest BCUT2D eigenvalue weighted by Crippen LogP contribution is 2.31. The minimum Gasteiger partial charge on any atom is -0.338 e. The van der Waals surface area contributed by atoms with E-state index < -0.39 is 0 Å². The van der Waals surface area contributed by atoms with Crippen LogP contribution in [0.1, 0.15) is 10.4 Å². The fourth-order valence-electron chi connectivity index (χ4n) is 3.76. The molecule has 0 aromatic heterocycles. The van der Waals surface area contributed by atoms with Crippen LogP contribution in [-0.4, -0.2) is 56.1 Å². The Labute approximate surface area is 139 Å². The van der Waals surface area contributed by atoms with Gasteiger partial charge in [-0.05, 0) is 30.0 Å². The van der Waals surface area contributed by atoms with Crippen molar-refractivity contribution < 1.29 is 9.59 Å². The number of anilines is 1. The number of fused-ring (bicyclic) bond motifs is 1. The maximum Gasteiger partial charge on any atom is 0.322 e. The molecule has 0 radical (unpaired) electrons. The van der Waals surface area contributed by atoms with Gasteiger partial charge in [0.2, 0.25) is 0 Å². The van der Waals surface area contributed by atoms with Crippen LogP contribution in [0.4, 0.5) is 10.5 Å². The number of nitrogens with zero attached hydrogens (tertiary/aromatic N) is 2. The van der Waals surface area contributed by atoms with Gasteiger partial charge in [-0.25, -0.2) is 4.79 Å². The van der Waals surface area contributed by atoms with Gasteiger partial charge in [-0.1, -0.05) is 11.6 Å². The molecule has 2 atom stereocenters. The third-order valence-electron chi connectivity index (χ3n) is 5.02. The van der Waals surface area contributed by atoms with Crippen LogP contribution >= 0.6 is 11.6 Å². The SMILES string of the molecule is O=C(c1ccc(Cl)c(N2CCNC2=O)c1)N1C[C@H]2CNC[C@H]2C1. The number of carbonyl (C=O) groups excluding carboxylic acids is 2. The molecule has 3 aliphatic rings. The van der Waals surface area contributed by atoms with E-state index in [0.29, 0.717) is 41.2 Å². The average molecular weight is 335 g/mol. The fraction of sp³-hybridized carbons (Fsp3) is 0.500. The summed E-state index contributed by atoms with van der Waals surface area (Å²) in [7, 11) is 0. The number of carbonyl (C=O) groups is 2. The number of halogens is 1. The number of benzene rings is 1. The van der Waals surface area contributed by atoms with Crippen molar-refractivity contribution in [2.75, 3.05) is 44.2 Å². The largest absolute Gasteiger partial charge is 0.338 e. The number of hydrogen-bond acceptors (Lipinski definition) is 3. The first kappa shape index (κ1) is 14.8. The van der Waals surface area contributed by atoms with E-state index >= 15 is 0 Å². The van der Waals surface area contributed by atoms with Gasteiger partial charge in [0, 0.05) is 44.8 Å². The summed E-state index contributed by atoms with van der Waals surface area (Å²) < 4.78 is 0. The Morgan fingerprint density at radius 2 is 1.96 bits per heavy atom. The van der Waals surface area contributed by atoms with Crippen LogP contribution in [0, 0.1) is 11.8 Å². The summed E-state index contributed by atoms with van der Waals surface area (Å²) in [5, 5.41) is 6.61. The molecule has 1 aromatic rings. The fourth-order valence-corrected chi connectivity index (χ4v) is 3.98. The molecule has 7 heteroatoms. The first-order chi connectivity index (χ1) is 11.1. The van der Waals surface area contributed by atoms with Gasteiger partial charge in [0.15, 0.2) is 0 Å². The molecule has 0 bridgehead atoms. The van der Waals surface area contributed by atoms with Crippen LogP contribution in [0.5, 0.6) is 0 Å². The predicted molar refractivity (Wildman–Crippen MR) is 87.9 cm³/mol. The Balaban J connectivity index is 1.57. The van der Waals surface area contributed by atoms with Crippen molar-refractivity contribution in [1.29, 1.82) is 0 Å². The second-order valence-corrected chi connectivity index (χ2v) is 6.85. The zero-order valence-electron chi connectivity index (χ0n) is 12.7. The first-order valence-electron chi connectivity index (χ1n) is 7.98. The number of nitrogens with one attached hydrogen (secondary N) is 2. The van der Waals surface area contributed by atoms with E-state index in [0.717, 1.165) is 26.2 Å². The lowest BCUT2D eigenvalue weighted by atomic mass is 10.0. The van der Waals surface area contributed by atoms with E-state index in [1.165, 1.54) is 0 Å². The van der Waals surface area contributed by atoms with E-state index in [-0.39, 0.29) is 11.9 Å². The summed E-state index contributed by atoms with van der Waals surface area (Å²) in [6, 6.07) is 5.02. The predicted octanol–water partition coefficient (Wildman–Crippen LogP) is 1.16. The number of urea groups is 1. The summed E-state index contributed by atoms with van der Waals surface area (Å²) >= 11 is 6.23. The van der Waals surface area contributed by atoms with E-state index in [1.807, 2.05) is 4.90 Å². The number of amides is 3. The van der Waals surface area contributed by atoms with Crippen LogP contribution < -0.4 is 15.5 Å². The van der Waals surface area contributed by atoms with Crippen LogP contribution in [0.15, 0.2) is 18.2 Å². The van der Waals surface area contributed by atoms with Crippen molar-refractivity contribution in [3.05, 3.63) is 28.8 Å². The van der Waals surface area contributed by atoms with Crippen LogP contribution in [0.2, 0.25) is 5.02 Å². The standard InChI is InChI=1S/C16H19ClN4O2/c17-13-2-1-10(5-14(13)21-4-3-19-16(21)23)15(22)20-8-11-6-18-7-12(11)9-20/h1-2,5,11-12,18H,3-4,6-9H2,(H,19,23)/t11-,12+. The third-order valence-corrected chi connectivity index (χ3v) is 5.34. The summed E-state index contributed by atoms with van der Waals surface area (Å²) in [5.41, 5.74) is 1.20. The lowest BCUT2D eigenvalue weighted by Crippen LogP contribution is -2.32. The van der Waals surface area contributed by atoms with Gasteiger partial charge in [0.25, 0.3) is 5.91 Å². The minimum absolute atomic E-state index is 0.0249. The Morgan fingerprint density at radius 1 is 1.22 bits per heavy atom. The van der Waals surface area contributed by atoms with Gasteiger partial charge in [-0.15, -0.1) is 0 Å². The lowest BCUT2D eigenvalue weighted by molar-refractivity contribution is 0.0781. The molecule has 3 fully saturated rings. The highest BCUT2D eigenvalue weighted by Gasteiger charge is 2.38. The molecular formula is C16H19ClN4O2. The molecule has 0 aliphatic carbocycles. The molecule has 1 aromatic carbocycles. The van der Waals surface area contributed by atoms with Crippen molar-refractivity contribution in [1.82, 2.24) is 15.5 Å². The van der Waals surface area contributed by atoms with Gasteiger partial charge in [0.05, 0.1) is 10.7 Å². The summed E-state index contributed by atoms with van der Waals surface area (Å²) in [6.07, 6.45) is 0. The van der Waals surface area contributed by atoms with Crippen LogP contribution in [0.3, 0.4) is 0 Å². The molecular weight excluding hydrogens is 316 g/mol. The molecule has 0 saturated carbocycles. The maximum absolute atomic E-state index is 12.8. The molecule has 23 heavy (non-hydrogen) atoms. The molecule has 0 spiro atoms. The van der Waals surface area contributed by atoms with Crippen LogP contribution in [-0.2, 0) is 0 Å². The quantitative estimate of drug-likeness (QED) is 0.853. The first-order valence-corrected chi connectivity index (χ1v) is 8.36. The highest BCUT2D eigenvalue weighted by molar-refractivity contribution is 6.34. The second-order valence-electron chi connectivity index (χ2n) is 6.44. The Morgan fingerprint density at radius 3 is 2.61 bits per heavy atom. The van der Waals surface area contributed by atoms with E-state index in [9.17, 15) is 9.59 Å². The molecule has 0 unspecified atom stereocenters. The average Bonchev–Trinajstić information content (AvgIpc) is 3.22. The van der Waals surface area contributed by atoms with Gasteiger partial charge in [-0.3, -0.25) is 9.69 Å². The molecule has 3 amide bonds. The molecule has 6 nitrogen and oxygen atoms in total. The van der Waals surface area contributed by atoms with Gasteiger partial charge >= 0.3 is 6.03 Å². The number of likely N-dealkylation sites (tertiary alicyclic amines) is 1. The molecule has 122 valence electrons. The normalized spacial score (nSPS) is 26.6. The van der Waals surface area contributed by atoms with Gasteiger partial charge in [0.1, 0.15) is 0 Å². The highest BCUT2D eigenvalue weighted by atomic mass is 35.5. The van der Waals surface area contributed by atoms with E-state index in [4.69, 9.17) is 11.6 Å². The minimum atomic E-state index is -0.168. The molecule has 3 aliphatic heterocycles. The summed E-state index contributed by atoms with van der Waals surface area (Å²) in [5.74, 6) is 1.15.